The average Bonchev–Trinajstić information content (AvgIpc) is 2.48. The van der Waals surface area contributed by atoms with Crippen LogP contribution < -0.4 is 5.73 Å². The number of aliphatic hydroxyl groups is 1. The molecule has 0 heterocycles. The first-order chi connectivity index (χ1) is 9.65. The van der Waals surface area contributed by atoms with Crippen molar-refractivity contribution in [2.75, 3.05) is 18.9 Å². The number of nitrogens with zero attached hydrogens (tertiary/aromatic N) is 1. The summed E-state index contributed by atoms with van der Waals surface area (Å²) in [6.45, 7) is 2.29. The van der Waals surface area contributed by atoms with E-state index in [0.29, 0.717) is 17.8 Å². The molecule has 0 aromatic heterocycles. The minimum Gasteiger partial charge on any atom is -0.398 e. The van der Waals surface area contributed by atoms with Gasteiger partial charge in [-0.05, 0) is 31.4 Å². The number of amides is 1. The van der Waals surface area contributed by atoms with Gasteiger partial charge in [0.05, 0.1) is 12.2 Å². The lowest BCUT2D eigenvalue weighted by atomic mass is 9.93. The summed E-state index contributed by atoms with van der Waals surface area (Å²) < 4.78 is 0. The predicted molar refractivity (Wildman–Crippen MR) is 80.6 cm³/mol. The number of hydrogen-bond donors (Lipinski definition) is 2. The van der Waals surface area contributed by atoms with Crippen molar-refractivity contribution >= 4 is 11.6 Å². The Morgan fingerprint density at radius 1 is 1.35 bits per heavy atom. The number of carbonyl (C=O) groups excluding carboxylic acids is 1. The van der Waals surface area contributed by atoms with Crippen molar-refractivity contribution in [3.05, 3.63) is 29.3 Å². The fourth-order valence-corrected chi connectivity index (χ4v) is 2.97. The van der Waals surface area contributed by atoms with Crippen molar-refractivity contribution < 1.29 is 9.90 Å². The van der Waals surface area contributed by atoms with E-state index in [9.17, 15) is 9.90 Å². The van der Waals surface area contributed by atoms with Crippen LogP contribution in [0.5, 0.6) is 0 Å². The number of aryl methyl sites for hydroxylation is 1. The fraction of sp³-hybridized carbons (Fsp3) is 0.562. The Hall–Kier alpha value is -1.55. The maximum Gasteiger partial charge on any atom is 0.256 e. The van der Waals surface area contributed by atoms with Gasteiger partial charge in [-0.3, -0.25) is 4.79 Å². The highest BCUT2D eigenvalue weighted by Crippen LogP contribution is 2.26. The van der Waals surface area contributed by atoms with Crippen LogP contribution in [0.25, 0.3) is 0 Å². The summed E-state index contributed by atoms with van der Waals surface area (Å²) >= 11 is 0. The molecule has 0 aliphatic heterocycles. The number of nitrogen functional groups attached to an aromatic ring is 1. The zero-order valence-corrected chi connectivity index (χ0v) is 12.1. The van der Waals surface area contributed by atoms with E-state index in [1.807, 2.05) is 24.0 Å². The molecule has 0 saturated heterocycles. The summed E-state index contributed by atoms with van der Waals surface area (Å²) in [6, 6.07) is 5.78. The minimum atomic E-state index is -0.0489. The van der Waals surface area contributed by atoms with Gasteiger partial charge in [0.2, 0.25) is 0 Å². The SMILES string of the molecule is Cc1cccc(C(=O)N(CCO)C2CCCCC2)c1N. The minimum absolute atomic E-state index is 0.00599. The second kappa shape index (κ2) is 6.75. The van der Waals surface area contributed by atoms with Gasteiger partial charge >= 0.3 is 0 Å². The largest absolute Gasteiger partial charge is 0.398 e. The molecule has 1 amide bonds. The lowest BCUT2D eigenvalue weighted by Gasteiger charge is -2.34. The number of para-hydroxylation sites is 1. The summed E-state index contributed by atoms with van der Waals surface area (Å²) in [5.41, 5.74) is 8.07. The number of benzene rings is 1. The summed E-state index contributed by atoms with van der Waals surface area (Å²) in [5.74, 6) is -0.0489. The summed E-state index contributed by atoms with van der Waals surface area (Å²) in [4.78, 5) is 14.6. The van der Waals surface area contributed by atoms with Gasteiger partial charge in [-0.25, -0.2) is 0 Å². The monoisotopic (exact) mass is 276 g/mol. The molecule has 2 rings (SSSR count). The third-order valence-electron chi connectivity index (χ3n) is 4.17. The lowest BCUT2D eigenvalue weighted by molar-refractivity contribution is 0.0586. The molecule has 0 atom stereocenters. The molecule has 1 aromatic rings. The quantitative estimate of drug-likeness (QED) is 0.830. The molecular formula is C16H24N2O2. The predicted octanol–water partition coefficient (Wildman–Crippen LogP) is 2.34. The maximum absolute atomic E-state index is 12.7. The van der Waals surface area contributed by atoms with Gasteiger partial charge in [-0.2, -0.15) is 0 Å². The van der Waals surface area contributed by atoms with Crippen LogP contribution in [0.3, 0.4) is 0 Å². The number of aliphatic hydroxyl groups excluding tert-OH is 1. The number of hydrogen-bond acceptors (Lipinski definition) is 3. The Kier molecular flexibility index (Phi) is 5.01. The smallest absolute Gasteiger partial charge is 0.256 e. The normalized spacial score (nSPS) is 16.1. The average molecular weight is 276 g/mol. The van der Waals surface area contributed by atoms with E-state index < -0.39 is 0 Å². The molecule has 0 bridgehead atoms. The maximum atomic E-state index is 12.7. The first-order valence-electron chi connectivity index (χ1n) is 7.42. The van der Waals surface area contributed by atoms with Gasteiger partial charge in [-0.1, -0.05) is 31.4 Å². The molecule has 1 saturated carbocycles. The number of anilines is 1. The van der Waals surface area contributed by atoms with Crippen LogP contribution in [-0.2, 0) is 0 Å². The summed E-state index contributed by atoms with van der Waals surface area (Å²) in [6.07, 6.45) is 5.60. The van der Waals surface area contributed by atoms with Gasteiger partial charge < -0.3 is 15.7 Å². The zero-order chi connectivity index (χ0) is 14.5. The van der Waals surface area contributed by atoms with Crippen molar-refractivity contribution in [3.8, 4) is 0 Å². The molecule has 20 heavy (non-hydrogen) atoms. The Labute approximate surface area is 120 Å². The first-order valence-corrected chi connectivity index (χ1v) is 7.42. The van der Waals surface area contributed by atoms with Crippen LogP contribution >= 0.6 is 0 Å². The van der Waals surface area contributed by atoms with Crippen molar-refractivity contribution in [3.63, 3.8) is 0 Å². The molecule has 4 nitrogen and oxygen atoms in total. The van der Waals surface area contributed by atoms with E-state index in [1.165, 1.54) is 6.42 Å². The first kappa shape index (κ1) is 14.9. The van der Waals surface area contributed by atoms with Crippen LogP contribution in [0.2, 0.25) is 0 Å². The molecule has 1 fully saturated rings. The Morgan fingerprint density at radius 2 is 2.05 bits per heavy atom. The summed E-state index contributed by atoms with van der Waals surface area (Å²) in [7, 11) is 0. The highest BCUT2D eigenvalue weighted by molar-refractivity contribution is 5.99. The second-order valence-electron chi connectivity index (χ2n) is 5.55. The van der Waals surface area contributed by atoms with Crippen LogP contribution in [0.15, 0.2) is 18.2 Å². The van der Waals surface area contributed by atoms with Gasteiger partial charge in [-0.15, -0.1) is 0 Å². The third kappa shape index (κ3) is 3.12. The zero-order valence-electron chi connectivity index (χ0n) is 12.1. The van der Waals surface area contributed by atoms with Crippen LogP contribution in [-0.4, -0.2) is 35.1 Å². The Bertz CT molecular complexity index is 468. The van der Waals surface area contributed by atoms with E-state index in [0.717, 1.165) is 31.2 Å². The molecule has 0 spiro atoms. The van der Waals surface area contributed by atoms with E-state index in [-0.39, 0.29) is 18.6 Å². The van der Waals surface area contributed by atoms with E-state index >= 15 is 0 Å². The van der Waals surface area contributed by atoms with Crippen molar-refractivity contribution in [2.45, 2.75) is 45.1 Å². The van der Waals surface area contributed by atoms with Gasteiger partial charge in [0.15, 0.2) is 0 Å². The molecule has 4 heteroatoms. The molecule has 0 radical (unpaired) electrons. The highest BCUT2D eigenvalue weighted by Gasteiger charge is 2.27. The molecule has 110 valence electrons. The van der Waals surface area contributed by atoms with Crippen molar-refractivity contribution in [1.29, 1.82) is 0 Å². The van der Waals surface area contributed by atoms with Gasteiger partial charge in [0, 0.05) is 18.3 Å². The second-order valence-corrected chi connectivity index (χ2v) is 5.55. The van der Waals surface area contributed by atoms with Gasteiger partial charge in [0.25, 0.3) is 5.91 Å². The molecule has 1 aliphatic rings. The van der Waals surface area contributed by atoms with Gasteiger partial charge in [0.1, 0.15) is 0 Å². The Balaban J connectivity index is 2.23. The lowest BCUT2D eigenvalue weighted by Crippen LogP contribution is -2.43. The van der Waals surface area contributed by atoms with E-state index in [1.54, 1.807) is 6.07 Å². The molecule has 0 unspecified atom stereocenters. The van der Waals surface area contributed by atoms with Crippen LogP contribution in [0.4, 0.5) is 5.69 Å². The standard InChI is InChI=1S/C16H24N2O2/c1-12-6-5-9-14(15(12)17)16(20)18(10-11-19)13-7-3-2-4-8-13/h5-6,9,13,19H,2-4,7-8,10-11,17H2,1H3. The van der Waals surface area contributed by atoms with Crippen LogP contribution in [0, 0.1) is 6.92 Å². The van der Waals surface area contributed by atoms with E-state index in [4.69, 9.17) is 5.73 Å². The Morgan fingerprint density at radius 3 is 2.70 bits per heavy atom. The molecule has 1 aromatic carbocycles. The fourth-order valence-electron chi connectivity index (χ4n) is 2.97. The number of nitrogens with two attached hydrogens (primary N) is 1. The van der Waals surface area contributed by atoms with Crippen molar-refractivity contribution in [1.82, 2.24) is 4.90 Å². The number of rotatable bonds is 4. The topological polar surface area (TPSA) is 66.6 Å². The van der Waals surface area contributed by atoms with Crippen molar-refractivity contribution in [2.24, 2.45) is 0 Å². The highest BCUT2D eigenvalue weighted by atomic mass is 16.3. The van der Waals surface area contributed by atoms with E-state index in [2.05, 4.69) is 0 Å². The summed E-state index contributed by atoms with van der Waals surface area (Å²) in [5, 5.41) is 9.26. The molecule has 3 N–H and O–H groups in total. The van der Waals surface area contributed by atoms with Crippen LogP contribution in [0.1, 0.15) is 48.0 Å². The molecule has 1 aliphatic carbocycles. The molecular weight excluding hydrogens is 252 g/mol. The third-order valence-corrected chi connectivity index (χ3v) is 4.17. The number of carbonyl (C=O) groups is 1.